The molecule has 7 heteroatoms. The maximum atomic E-state index is 13.3. The molecule has 0 aromatic heterocycles. The first-order valence-electron chi connectivity index (χ1n) is 9.96. The molecule has 1 atom stereocenters. The summed E-state index contributed by atoms with van der Waals surface area (Å²) in [4.78, 5) is 27.8. The normalized spacial score (nSPS) is 12.0. The molecule has 0 unspecified atom stereocenters. The van der Waals surface area contributed by atoms with E-state index in [4.69, 9.17) is 34.8 Å². The first kappa shape index (κ1) is 24.5. The van der Waals surface area contributed by atoms with Crippen LogP contribution in [0, 0.1) is 5.92 Å². The number of hydrogen-bond acceptors (Lipinski definition) is 2. The highest BCUT2D eigenvalue weighted by atomic mass is 35.5. The minimum absolute atomic E-state index is 0.139. The summed E-state index contributed by atoms with van der Waals surface area (Å²) in [6.45, 7) is 6.70. The van der Waals surface area contributed by atoms with Crippen LogP contribution in [-0.2, 0) is 22.6 Å². The Labute approximate surface area is 193 Å². The zero-order chi connectivity index (χ0) is 22.3. The van der Waals surface area contributed by atoms with Crippen molar-refractivity contribution in [3.8, 4) is 0 Å². The topological polar surface area (TPSA) is 49.4 Å². The van der Waals surface area contributed by atoms with Gasteiger partial charge in [0.05, 0.1) is 6.42 Å². The van der Waals surface area contributed by atoms with Crippen LogP contribution in [-0.4, -0.2) is 29.3 Å². The highest BCUT2D eigenvalue weighted by Crippen LogP contribution is 2.24. The molecule has 0 aliphatic carbocycles. The molecular formula is C23H27Cl3N2O2. The molecule has 0 saturated heterocycles. The summed E-state index contributed by atoms with van der Waals surface area (Å²) < 4.78 is 0. The van der Waals surface area contributed by atoms with Gasteiger partial charge in [0.2, 0.25) is 11.8 Å². The summed E-state index contributed by atoms with van der Waals surface area (Å²) >= 11 is 18.4. The fourth-order valence-corrected chi connectivity index (χ4v) is 3.78. The van der Waals surface area contributed by atoms with Crippen molar-refractivity contribution >= 4 is 46.6 Å². The second-order valence-corrected chi connectivity index (χ2v) is 8.91. The Morgan fingerprint density at radius 1 is 1.03 bits per heavy atom. The third-order valence-electron chi connectivity index (χ3n) is 4.67. The Balaban J connectivity index is 2.31. The zero-order valence-electron chi connectivity index (χ0n) is 17.4. The van der Waals surface area contributed by atoms with Gasteiger partial charge in [-0.25, -0.2) is 0 Å². The molecule has 162 valence electrons. The van der Waals surface area contributed by atoms with E-state index in [0.717, 1.165) is 11.1 Å². The number of carbonyl (C=O) groups is 2. The van der Waals surface area contributed by atoms with Gasteiger partial charge in [-0.05, 0) is 47.7 Å². The van der Waals surface area contributed by atoms with Crippen LogP contribution in [0.2, 0.25) is 15.1 Å². The average molecular weight is 470 g/mol. The molecule has 0 aliphatic heterocycles. The van der Waals surface area contributed by atoms with Gasteiger partial charge in [0.1, 0.15) is 6.04 Å². The Bertz CT molecular complexity index is 887. The number of benzene rings is 2. The molecule has 0 aliphatic rings. The van der Waals surface area contributed by atoms with Gasteiger partial charge in [0.25, 0.3) is 0 Å². The highest BCUT2D eigenvalue weighted by Gasteiger charge is 2.29. The molecule has 2 rings (SSSR count). The minimum Gasteiger partial charge on any atom is -0.354 e. The molecule has 0 radical (unpaired) electrons. The van der Waals surface area contributed by atoms with Crippen LogP contribution < -0.4 is 5.32 Å². The summed E-state index contributed by atoms with van der Waals surface area (Å²) in [5.41, 5.74) is 1.52. The SMILES string of the molecule is CC[C@H](C(=O)NCC(C)C)N(Cc1ccc(Cl)cc1Cl)C(=O)Cc1cccc(Cl)c1. The second-order valence-electron chi connectivity index (χ2n) is 7.63. The summed E-state index contributed by atoms with van der Waals surface area (Å²) in [7, 11) is 0. The molecule has 2 amide bonds. The zero-order valence-corrected chi connectivity index (χ0v) is 19.7. The fraction of sp³-hybridized carbons (Fsp3) is 0.391. The number of carbonyl (C=O) groups excluding carboxylic acids is 2. The van der Waals surface area contributed by atoms with Crippen LogP contribution in [0.25, 0.3) is 0 Å². The van der Waals surface area contributed by atoms with E-state index in [-0.39, 0.29) is 24.8 Å². The fourth-order valence-electron chi connectivity index (χ4n) is 3.10. The molecule has 0 saturated carbocycles. The van der Waals surface area contributed by atoms with Gasteiger partial charge in [0, 0.05) is 28.2 Å². The van der Waals surface area contributed by atoms with E-state index in [1.807, 2.05) is 26.8 Å². The standard InChI is InChI=1S/C23H27Cl3N2O2/c1-4-21(23(30)27-13-15(2)3)28(14-17-8-9-19(25)12-20(17)26)22(29)11-16-6-5-7-18(24)10-16/h5-10,12,15,21H,4,11,13-14H2,1-3H3,(H,27,30)/t21-/m1/s1. The van der Waals surface area contributed by atoms with Crippen molar-refractivity contribution in [1.82, 2.24) is 10.2 Å². The lowest BCUT2D eigenvalue weighted by Gasteiger charge is -2.31. The number of rotatable bonds is 9. The van der Waals surface area contributed by atoms with Crippen molar-refractivity contribution in [2.75, 3.05) is 6.54 Å². The third-order valence-corrected chi connectivity index (χ3v) is 5.49. The number of hydrogen-bond donors (Lipinski definition) is 1. The number of amides is 2. The van der Waals surface area contributed by atoms with Gasteiger partial charge in [-0.1, -0.05) is 73.8 Å². The van der Waals surface area contributed by atoms with Gasteiger partial charge < -0.3 is 10.2 Å². The van der Waals surface area contributed by atoms with Crippen LogP contribution in [0.3, 0.4) is 0 Å². The molecule has 1 N–H and O–H groups in total. The van der Waals surface area contributed by atoms with E-state index < -0.39 is 6.04 Å². The summed E-state index contributed by atoms with van der Waals surface area (Å²) in [6, 6.07) is 11.7. The Morgan fingerprint density at radius 2 is 1.73 bits per heavy atom. The lowest BCUT2D eigenvalue weighted by molar-refractivity contribution is -0.141. The maximum absolute atomic E-state index is 13.3. The Hall–Kier alpha value is -1.75. The molecule has 2 aromatic carbocycles. The third kappa shape index (κ3) is 7.19. The quantitative estimate of drug-likeness (QED) is 0.507. The highest BCUT2D eigenvalue weighted by molar-refractivity contribution is 6.35. The minimum atomic E-state index is -0.609. The van der Waals surface area contributed by atoms with Crippen LogP contribution in [0.5, 0.6) is 0 Å². The largest absolute Gasteiger partial charge is 0.354 e. The van der Waals surface area contributed by atoms with Gasteiger partial charge in [-0.3, -0.25) is 9.59 Å². The van der Waals surface area contributed by atoms with Crippen molar-refractivity contribution in [2.24, 2.45) is 5.92 Å². The molecule has 4 nitrogen and oxygen atoms in total. The van der Waals surface area contributed by atoms with Crippen LogP contribution >= 0.6 is 34.8 Å². The van der Waals surface area contributed by atoms with Gasteiger partial charge in [-0.2, -0.15) is 0 Å². The van der Waals surface area contributed by atoms with Crippen molar-refractivity contribution in [3.63, 3.8) is 0 Å². The van der Waals surface area contributed by atoms with Crippen LogP contribution in [0.4, 0.5) is 0 Å². The first-order valence-corrected chi connectivity index (χ1v) is 11.1. The lowest BCUT2D eigenvalue weighted by atomic mass is 10.1. The molecule has 30 heavy (non-hydrogen) atoms. The van der Waals surface area contributed by atoms with E-state index in [1.165, 1.54) is 0 Å². The molecular weight excluding hydrogens is 443 g/mol. The predicted molar refractivity (Wildman–Crippen MR) is 124 cm³/mol. The molecule has 2 aromatic rings. The maximum Gasteiger partial charge on any atom is 0.242 e. The van der Waals surface area contributed by atoms with Crippen LogP contribution in [0.15, 0.2) is 42.5 Å². The number of nitrogens with one attached hydrogen (secondary N) is 1. The Morgan fingerprint density at radius 3 is 2.33 bits per heavy atom. The summed E-state index contributed by atoms with van der Waals surface area (Å²) in [5, 5.41) is 4.48. The van der Waals surface area contributed by atoms with Gasteiger partial charge in [0.15, 0.2) is 0 Å². The van der Waals surface area contributed by atoms with E-state index >= 15 is 0 Å². The number of nitrogens with zero attached hydrogens (tertiary/aromatic N) is 1. The smallest absolute Gasteiger partial charge is 0.242 e. The summed E-state index contributed by atoms with van der Waals surface area (Å²) in [6.07, 6.45) is 0.621. The lowest BCUT2D eigenvalue weighted by Crippen LogP contribution is -2.50. The molecule has 0 fully saturated rings. The van der Waals surface area contributed by atoms with E-state index in [1.54, 1.807) is 41.3 Å². The average Bonchev–Trinajstić information content (AvgIpc) is 2.67. The van der Waals surface area contributed by atoms with Crippen molar-refractivity contribution in [3.05, 3.63) is 68.7 Å². The second kappa shape index (κ2) is 11.6. The van der Waals surface area contributed by atoms with E-state index in [2.05, 4.69) is 5.32 Å². The van der Waals surface area contributed by atoms with E-state index in [0.29, 0.717) is 34.0 Å². The van der Waals surface area contributed by atoms with Gasteiger partial charge in [-0.15, -0.1) is 0 Å². The molecule has 0 bridgehead atoms. The summed E-state index contributed by atoms with van der Waals surface area (Å²) in [5.74, 6) is -0.0293. The number of halogens is 3. The van der Waals surface area contributed by atoms with Crippen molar-refractivity contribution < 1.29 is 9.59 Å². The van der Waals surface area contributed by atoms with Crippen molar-refractivity contribution in [1.29, 1.82) is 0 Å². The Kier molecular flexibility index (Phi) is 9.47. The monoisotopic (exact) mass is 468 g/mol. The van der Waals surface area contributed by atoms with E-state index in [9.17, 15) is 9.59 Å². The van der Waals surface area contributed by atoms with Gasteiger partial charge >= 0.3 is 0 Å². The van der Waals surface area contributed by atoms with Crippen LogP contribution in [0.1, 0.15) is 38.3 Å². The molecule has 0 heterocycles. The molecule has 0 spiro atoms. The first-order chi connectivity index (χ1) is 14.2. The van der Waals surface area contributed by atoms with Crippen molar-refractivity contribution in [2.45, 2.75) is 46.2 Å². The predicted octanol–water partition coefficient (Wildman–Crippen LogP) is 5.77.